The maximum absolute atomic E-state index is 11.8. The van der Waals surface area contributed by atoms with E-state index in [1.165, 1.54) is 0 Å². The molecule has 0 atom stereocenters. The first-order valence-electron chi connectivity index (χ1n) is 5.62. The lowest BCUT2D eigenvalue weighted by Gasteiger charge is -2.16. The molecule has 0 aliphatic carbocycles. The van der Waals surface area contributed by atoms with E-state index in [1.807, 2.05) is 30.3 Å². The van der Waals surface area contributed by atoms with Crippen molar-refractivity contribution in [1.29, 1.82) is 0 Å². The highest BCUT2D eigenvalue weighted by molar-refractivity contribution is 6.04. The van der Waals surface area contributed by atoms with E-state index in [9.17, 15) is 4.79 Å². The van der Waals surface area contributed by atoms with Gasteiger partial charge in [-0.25, -0.2) is 0 Å². The molecular weight excluding hydrogens is 200 g/mol. The third-order valence-electron chi connectivity index (χ3n) is 2.56. The molecule has 1 heterocycles. The predicted octanol–water partition coefficient (Wildman–Crippen LogP) is 1.92. The molecule has 0 spiro atoms. The van der Waals surface area contributed by atoms with Gasteiger partial charge in [-0.15, -0.1) is 0 Å². The zero-order chi connectivity index (χ0) is 11.4. The van der Waals surface area contributed by atoms with Gasteiger partial charge in [-0.2, -0.15) is 0 Å². The zero-order valence-electron chi connectivity index (χ0n) is 9.44. The van der Waals surface area contributed by atoms with Crippen LogP contribution in [-0.4, -0.2) is 19.0 Å². The molecule has 84 valence electrons. The average Bonchev–Trinajstić information content (AvgIpc) is 2.69. The normalized spacial score (nSPS) is 15.2. The quantitative estimate of drug-likeness (QED) is 0.834. The maximum atomic E-state index is 11.8. The molecule has 0 saturated carbocycles. The second kappa shape index (κ2) is 4.84. The minimum atomic E-state index is 0.0600. The third-order valence-corrected chi connectivity index (χ3v) is 2.56. The molecule has 3 heteroatoms. The number of benzene rings is 1. The number of amides is 1. The molecule has 1 N–H and O–H groups in total. The molecule has 0 bridgehead atoms. The topological polar surface area (TPSA) is 32.3 Å². The summed E-state index contributed by atoms with van der Waals surface area (Å²) in [5.41, 5.74) is 1.97. The van der Waals surface area contributed by atoms with E-state index in [0.29, 0.717) is 6.54 Å². The van der Waals surface area contributed by atoms with Gasteiger partial charge in [-0.1, -0.05) is 25.1 Å². The van der Waals surface area contributed by atoms with Gasteiger partial charge >= 0.3 is 0 Å². The van der Waals surface area contributed by atoms with Crippen molar-refractivity contribution in [1.82, 2.24) is 5.32 Å². The van der Waals surface area contributed by atoms with Crippen molar-refractivity contribution in [3.63, 3.8) is 0 Å². The minimum absolute atomic E-state index is 0.0600. The van der Waals surface area contributed by atoms with Crippen LogP contribution in [0.25, 0.3) is 0 Å². The lowest BCUT2D eigenvalue weighted by molar-refractivity contribution is -0.113. The Morgan fingerprint density at radius 2 is 2.06 bits per heavy atom. The summed E-state index contributed by atoms with van der Waals surface area (Å²) in [7, 11) is 0. The molecule has 1 aromatic carbocycles. The van der Waals surface area contributed by atoms with Crippen molar-refractivity contribution in [3.8, 4) is 0 Å². The Kier molecular flexibility index (Phi) is 3.25. The molecule has 1 aromatic rings. The molecule has 0 fully saturated rings. The molecule has 0 radical (unpaired) electrons. The first kappa shape index (κ1) is 10.7. The fourth-order valence-electron chi connectivity index (χ4n) is 1.74. The fraction of sp³-hybridized carbons (Fsp3) is 0.308. The molecule has 0 aromatic heterocycles. The zero-order valence-corrected chi connectivity index (χ0v) is 9.44. The van der Waals surface area contributed by atoms with Crippen LogP contribution in [0, 0.1) is 0 Å². The number of carbonyl (C=O) groups excluding carboxylic acids is 1. The molecule has 0 unspecified atom stereocenters. The molecule has 3 nitrogen and oxygen atoms in total. The van der Waals surface area contributed by atoms with Crippen LogP contribution >= 0.6 is 0 Å². The standard InChI is InChI=1S/C13H16N2O/c1-2-8-14-11-9-13(16)15(10-11)12-6-4-3-5-7-12/h3-7,9,14H,2,8,10H2,1H3. The van der Waals surface area contributed by atoms with Gasteiger partial charge in [-0.05, 0) is 18.6 Å². The molecular formula is C13H16N2O. The van der Waals surface area contributed by atoms with Gasteiger partial charge in [0.05, 0.1) is 6.54 Å². The Hall–Kier alpha value is -1.77. The highest BCUT2D eigenvalue weighted by Gasteiger charge is 2.21. The average molecular weight is 216 g/mol. The summed E-state index contributed by atoms with van der Waals surface area (Å²) in [6.45, 7) is 3.68. The second-order valence-corrected chi connectivity index (χ2v) is 3.86. The number of nitrogens with one attached hydrogen (secondary N) is 1. The first-order valence-corrected chi connectivity index (χ1v) is 5.62. The van der Waals surface area contributed by atoms with Gasteiger partial charge in [0.15, 0.2) is 0 Å². The lowest BCUT2D eigenvalue weighted by atomic mass is 10.3. The van der Waals surface area contributed by atoms with Crippen molar-refractivity contribution in [2.24, 2.45) is 0 Å². The summed E-state index contributed by atoms with van der Waals surface area (Å²) in [5.74, 6) is 0.0600. The Balaban J connectivity index is 2.04. The number of hydrogen-bond acceptors (Lipinski definition) is 2. The summed E-state index contributed by atoms with van der Waals surface area (Å²) in [6, 6.07) is 9.75. The number of hydrogen-bond donors (Lipinski definition) is 1. The van der Waals surface area contributed by atoms with Crippen molar-refractivity contribution in [2.45, 2.75) is 13.3 Å². The van der Waals surface area contributed by atoms with Crippen LogP contribution in [0.4, 0.5) is 5.69 Å². The summed E-state index contributed by atoms with van der Waals surface area (Å²) in [6.07, 6.45) is 2.75. The maximum Gasteiger partial charge on any atom is 0.253 e. The SMILES string of the molecule is CCCNC1=CC(=O)N(c2ccccc2)C1. The molecule has 16 heavy (non-hydrogen) atoms. The molecule has 2 rings (SSSR count). The lowest BCUT2D eigenvalue weighted by Crippen LogP contribution is -2.27. The largest absolute Gasteiger partial charge is 0.387 e. The van der Waals surface area contributed by atoms with Crippen molar-refractivity contribution < 1.29 is 4.79 Å². The number of anilines is 1. The van der Waals surface area contributed by atoms with Crippen LogP contribution in [0.15, 0.2) is 42.1 Å². The Morgan fingerprint density at radius 3 is 2.75 bits per heavy atom. The van der Waals surface area contributed by atoms with E-state index in [2.05, 4.69) is 12.2 Å². The van der Waals surface area contributed by atoms with Crippen molar-refractivity contribution in [2.75, 3.05) is 18.0 Å². The van der Waals surface area contributed by atoms with E-state index in [-0.39, 0.29) is 5.91 Å². The smallest absolute Gasteiger partial charge is 0.253 e. The van der Waals surface area contributed by atoms with Gasteiger partial charge in [0, 0.05) is 24.0 Å². The van der Waals surface area contributed by atoms with Crippen molar-refractivity contribution in [3.05, 3.63) is 42.1 Å². The Labute approximate surface area is 95.8 Å². The van der Waals surface area contributed by atoms with Gasteiger partial charge in [-0.3, -0.25) is 4.79 Å². The highest BCUT2D eigenvalue weighted by atomic mass is 16.2. The van der Waals surface area contributed by atoms with Crippen molar-refractivity contribution >= 4 is 11.6 Å². The summed E-state index contributed by atoms with van der Waals surface area (Å²) in [4.78, 5) is 13.5. The predicted molar refractivity (Wildman–Crippen MR) is 65.2 cm³/mol. The summed E-state index contributed by atoms with van der Waals surface area (Å²) >= 11 is 0. The summed E-state index contributed by atoms with van der Waals surface area (Å²) < 4.78 is 0. The van der Waals surface area contributed by atoms with Gasteiger partial charge < -0.3 is 10.2 Å². The van der Waals surface area contributed by atoms with Gasteiger partial charge in [0.25, 0.3) is 5.91 Å². The van der Waals surface area contributed by atoms with Crippen LogP contribution < -0.4 is 10.2 Å². The highest BCUT2D eigenvalue weighted by Crippen LogP contribution is 2.19. The second-order valence-electron chi connectivity index (χ2n) is 3.86. The van der Waals surface area contributed by atoms with E-state index >= 15 is 0 Å². The number of rotatable bonds is 4. The number of nitrogens with zero attached hydrogens (tertiary/aromatic N) is 1. The monoisotopic (exact) mass is 216 g/mol. The van der Waals surface area contributed by atoms with Crippen LogP contribution in [0.2, 0.25) is 0 Å². The van der Waals surface area contributed by atoms with Crippen LogP contribution in [0.3, 0.4) is 0 Å². The molecule has 1 amide bonds. The number of para-hydroxylation sites is 1. The van der Waals surface area contributed by atoms with E-state index in [0.717, 1.165) is 24.4 Å². The Morgan fingerprint density at radius 1 is 1.31 bits per heavy atom. The van der Waals surface area contributed by atoms with E-state index in [1.54, 1.807) is 11.0 Å². The van der Waals surface area contributed by atoms with E-state index < -0.39 is 0 Å². The summed E-state index contributed by atoms with van der Waals surface area (Å²) in [5, 5.41) is 3.26. The fourth-order valence-corrected chi connectivity index (χ4v) is 1.74. The first-order chi connectivity index (χ1) is 7.81. The van der Waals surface area contributed by atoms with Gasteiger partial charge in [0.2, 0.25) is 0 Å². The molecule has 1 aliphatic rings. The minimum Gasteiger partial charge on any atom is -0.387 e. The van der Waals surface area contributed by atoms with Gasteiger partial charge in [0.1, 0.15) is 0 Å². The number of carbonyl (C=O) groups is 1. The molecule has 0 saturated heterocycles. The van der Waals surface area contributed by atoms with Crippen LogP contribution in [0.1, 0.15) is 13.3 Å². The third kappa shape index (κ3) is 2.24. The van der Waals surface area contributed by atoms with Crippen LogP contribution in [0.5, 0.6) is 0 Å². The van der Waals surface area contributed by atoms with Crippen LogP contribution in [-0.2, 0) is 4.79 Å². The Bertz CT molecular complexity index is 398. The molecule has 1 aliphatic heterocycles. The van der Waals surface area contributed by atoms with E-state index in [4.69, 9.17) is 0 Å².